The summed E-state index contributed by atoms with van der Waals surface area (Å²) in [5.41, 5.74) is 8.26. The van der Waals surface area contributed by atoms with Crippen LogP contribution in [0.2, 0.25) is 0 Å². The molecule has 4 rings (SSSR count). The number of nitrogen functional groups attached to an aromatic ring is 1. The monoisotopic (exact) mass is 376 g/mol. The third-order valence-corrected chi connectivity index (χ3v) is 3.89. The van der Waals surface area contributed by atoms with Crippen molar-refractivity contribution < 1.29 is 9.18 Å². The Morgan fingerprint density at radius 1 is 1.04 bits per heavy atom. The summed E-state index contributed by atoms with van der Waals surface area (Å²) in [6.07, 6.45) is 6.99. The summed E-state index contributed by atoms with van der Waals surface area (Å²) >= 11 is 0. The number of nitrogens with one attached hydrogen (secondary N) is 1. The second-order valence-electron chi connectivity index (χ2n) is 5.73. The molecule has 0 unspecified atom stereocenters. The van der Waals surface area contributed by atoms with Crippen LogP contribution >= 0.6 is 0 Å². The molecule has 3 aromatic heterocycles. The molecule has 0 saturated heterocycles. The number of rotatable bonds is 4. The van der Waals surface area contributed by atoms with Gasteiger partial charge in [0.05, 0.1) is 23.8 Å². The molecule has 0 saturated carbocycles. The van der Waals surface area contributed by atoms with Gasteiger partial charge in [-0.15, -0.1) is 0 Å². The van der Waals surface area contributed by atoms with Gasteiger partial charge in [-0.1, -0.05) is 6.07 Å². The van der Waals surface area contributed by atoms with Crippen molar-refractivity contribution in [1.29, 1.82) is 0 Å². The van der Waals surface area contributed by atoms with Crippen molar-refractivity contribution in [1.82, 2.24) is 29.7 Å². The summed E-state index contributed by atoms with van der Waals surface area (Å²) in [5, 5.41) is 6.65. The molecule has 3 N–H and O–H groups in total. The van der Waals surface area contributed by atoms with Gasteiger partial charge >= 0.3 is 0 Å². The van der Waals surface area contributed by atoms with E-state index in [4.69, 9.17) is 5.73 Å². The highest BCUT2D eigenvalue weighted by atomic mass is 19.1. The molecule has 4 aromatic rings. The van der Waals surface area contributed by atoms with E-state index in [1.165, 1.54) is 42.0 Å². The third kappa shape index (κ3) is 3.51. The zero-order valence-electron chi connectivity index (χ0n) is 14.3. The number of nitrogens with zero attached hydrogens (tertiary/aromatic N) is 6. The lowest BCUT2D eigenvalue weighted by Gasteiger charge is -2.10. The second-order valence-corrected chi connectivity index (χ2v) is 5.73. The highest BCUT2D eigenvalue weighted by Gasteiger charge is 2.12. The molecule has 0 aliphatic carbocycles. The van der Waals surface area contributed by atoms with Crippen molar-refractivity contribution >= 4 is 17.3 Å². The Labute approximate surface area is 158 Å². The number of aromatic nitrogens is 6. The average Bonchev–Trinajstić information content (AvgIpc) is 3.25. The van der Waals surface area contributed by atoms with Crippen molar-refractivity contribution in [2.75, 3.05) is 11.1 Å². The predicted octanol–water partition coefficient (Wildman–Crippen LogP) is 2.09. The number of carbonyl (C=O) groups excluding carboxylic acids is 1. The molecule has 138 valence electrons. The molecule has 0 atom stereocenters. The lowest BCUT2D eigenvalue weighted by molar-refractivity contribution is 0.102. The summed E-state index contributed by atoms with van der Waals surface area (Å²) in [6.45, 7) is 0. The first-order valence-corrected chi connectivity index (χ1v) is 8.10. The molecule has 10 heteroatoms. The fourth-order valence-electron chi connectivity index (χ4n) is 2.46. The summed E-state index contributed by atoms with van der Waals surface area (Å²) in [5.74, 6) is -0.612. The van der Waals surface area contributed by atoms with Crippen LogP contribution in [0, 0.1) is 5.95 Å². The molecule has 0 radical (unpaired) electrons. The van der Waals surface area contributed by atoms with Gasteiger partial charge in [0.1, 0.15) is 18.3 Å². The number of amides is 1. The minimum absolute atomic E-state index is 0.108. The van der Waals surface area contributed by atoms with E-state index in [1.54, 1.807) is 24.3 Å². The lowest BCUT2D eigenvalue weighted by atomic mass is 10.1. The predicted molar refractivity (Wildman–Crippen MR) is 98.9 cm³/mol. The van der Waals surface area contributed by atoms with Gasteiger partial charge in [0, 0.05) is 11.8 Å². The van der Waals surface area contributed by atoms with Crippen LogP contribution in [0.15, 0.2) is 61.6 Å². The number of pyridine rings is 1. The summed E-state index contributed by atoms with van der Waals surface area (Å²) < 4.78 is 14.4. The Morgan fingerprint density at radius 2 is 1.89 bits per heavy atom. The number of hydrogen-bond acceptors (Lipinski definition) is 7. The molecule has 0 fully saturated rings. The molecule has 0 aliphatic heterocycles. The highest BCUT2D eigenvalue weighted by molar-refractivity contribution is 6.04. The largest absolute Gasteiger partial charge is 0.397 e. The third-order valence-electron chi connectivity index (χ3n) is 3.89. The van der Waals surface area contributed by atoms with Crippen LogP contribution in [-0.2, 0) is 0 Å². The van der Waals surface area contributed by atoms with Gasteiger partial charge in [0.15, 0.2) is 5.82 Å². The van der Waals surface area contributed by atoms with Crippen LogP contribution in [0.25, 0.3) is 16.9 Å². The maximum atomic E-state index is 13.0. The van der Waals surface area contributed by atoms with E-state index in [0.717, 1.165) is 5.56 Å². The van der Waals surface area contributed by atoms with E-state index in [-0.39, 0.29) is 5.69 Å². The molecule has 3 heterocycles. The zero-order valence-corrected chi connectivity index (χ0v) is 14.3. The van der Waals surface area contributed by atoms with Gasteiger partial charge in [-0.3, -0.25) is 4.79 Å². The minimum Gasteiger partial charge on any atom is -0.397 e. The van der Waals surface area contributed by atoms with Gasteiger partial charge in [-0.2, -0.15) is 9.49 Å². The smallest absolute Gasteiger partial charge is 0.275 e. The summed E-state index contributed by atoms with van der Waals surface area (Å²) in [6, 6.07) is 7.93. The van der Waals surface area contributed by atoms with E-state index >= 15 is 0 Å². The van der Waals surface area contributed by atoms with Crippen LogP contribution in [0.1, 0.15) is 10.5 Å². The number of hydrogen-bond donors (Lipinski definition) is 2. The minimum atomic E-state index is -0.569. The van der Waals surface area contributed by atoms with E-state index in [9.17, 15) is 9.18 Å². The standard InChI is InChI=1S/C18H13FN8O/c19-16-4-2-12(6-23-16)11-1-3-13(20)14(5-11)26-18(28)15-7-24-17(8-22-15)27-10-21-9-25-27/h1-10H,20H2,(H,26,28). The van der Waals surface area contributed by atoms with Crippen LogP contribution in [-0.4, -0.2) is 35.6 Å². The maximum absolute atomic E-state index is 13.0. The quantitative estimate of drug-likeness (QED) is 0.413. The van der Waals surface area contributed by atoms with Crippen molar-refractivity contribution in [3.8, 4) is 16.9 Å². The summed E-state index contributed by atoms with van der Waals surface area (Å²) in [7, 11) is 0. The molecular weight excluding hydrogens is 363 g/mol. The Balaban J connectivity index is 1.55. The van der Waals surface area contributed by atoms with E-state index in [0.29, 0.717) is 22.8 Å². The first-order chi connectivity index (χ1) is 13.6. The normalized spacial score (nSPS) is 10.6. The van der Waals surface area contributed by atoms with E-state index in [2.05, 4.69) is 30.4 Å². The summed E-state index contributed by atoms with van der Waals surface area (Å²) in [4.78, 5) is 28.2. The van der Waals surface area contributed by atoms with E-state index < -0.39 is 11.9 Å². The Hall–Kier alpha value is -4.21. The van der Waals surface area contributed by atoms with Crippen molar-refractivity contribution in [3.63, 3.8) is 0 Å². The van der Waals surface area contributed by atoms with Gasteiger partial charge in [0.2, 0.25) is 5.95 Å². The van der Waals surface area contributed by atoms with Gasteiger partial charge in [0.25, 0.3) is 5.91 Å². The molecule has 1 aromatic carbocycles. The fourth-order valence-corrected chi connectivity index (χ4v) is 2.46. The molecule has 9 nitrogen and oxygen atoms in total. The topological polar surface area (TPSA) is 124 Å². The maximum Gasteiger partial charge on any atom is 0.275 e. The molecule has 28 heavy (non-hydrogen) atoms. The highest BCUT2D eigenvalue weighted by Crippen LogP contribution is 2.27. The van der Waals surface area contributed by atoms with E-state index in [1.807, 2.05) is 0 Å². The molecule has 0 aliphatic rings. The number of carbonyl (C=O) groups is 1. The number of nitrogens with two attached hydrogens (primary N) is 1. The van der Waals surface area contributed by atoms with Gasteiger partial charge in [-0.05, 0) is 29.8 Å². The SMILES string of the molecule is Nc1ccc(-c2ccc(F)nc2)cc1NC(=O)c1cnc(-n2cncn2)cn1. The first kappa shape index (κ1) is 17.2. The van der Waals surface area contributed by atoms with Gasteiger partial charge in [-0.25, -0.2) is 24.6 Å². The molecule has 0 bridgehead atoms. The van der Waals surface area contributed by atoms with Crippen molar-refractivity contribution in [2.45, 2.75) is 0 Å². The first-order valence-electron chi connectivity index (χ1n) is 8.10. The molecular formula is C18H13FN8O. The van der Waals surface area contributed by atoms with Crippen molar-refractivity contribution in [2.24, 2.45) is 0 Å². The fraction of sp³-hybridized carbons (Fsp3) is 0. The van der Waals surface area contributed by atoms with Crippen LogP contribution in [0.3, 0.4) is 0 Å². The van der Waals surface area contributed by atoms with Crippen molar-refractivity contribution in [3.05, 3.63) is 73.2 Å². The second kappa shape index (κ2) is 7.19. The Morgan fingerprint density at radius 3 is 2.57 bits per heavy atom. The van der Waals surface area contributed by atoms with Crippen LogP contribution in [0.5, 0.6) is 0 Å². The zero-order chi connectivity index (χ0) is 19.5. The number of benzene rings is 1. The number of halogens is 1. The Kier molecular flexibility index (Phi) is 4.42. The van der Waals surface area contributed by atoms with Crippen LogP contribution < -0.4 is 11.1 Å². The molecule has 1 amide bonds. The lowest BCUT2D eigenvalue weighted by Crippen LogP contribution is -2.15. The number of anilines is 2. The molecule has 0 spiro atoms. The van der Waals surface area contributed by atoms with Crippen LogP contribution in [0.4, 0.5) is 15.8 Å². The van der Waals surface area contributed by atoms with Gasteiger partial charge < -0.3 is 11.1 Å². The Bertz CT molecular complexity index is 1110. The average molecular weight is 376 g/mol.